The van der Waals surface area contributed by atoms with Crippen molar-refractivity contribution in [2.24, 2.45) is 0 Å². The van der Waals surface area contributed by atoms with Crippen molar-refractivity contribution in [2.45, 2.75) is 12.6 Å². The molecule has 2 aromatic carbocycles. The van der Waals surface area contributed by atoms with Crippen molar-refractivity contribution in [1.82, 2.24) is 9.80 Å². The van der Waals surface area contributed by atoms with Crippen LogP contribution in [0.2, 0.25) is 5.02 Å². The highest BCUT2D eigenvalue weighted by Crippen LogP contribution is 2.45. The Labute approximate surface area is 183 Å². The molecular formula is C23H19ClF2N2O3. The molecule has 31 heavy (non-hydrogen) atoms. The summed E-state index contributed by atoms with van der Waals surface area (Å²) in [5.74, 6) is -0.262. The number of piperazine rings is 1. The van der Waals surface area contributed by atoms with Crippen LogP contribution in [0.25, 0.3) is 11.1 Å². The molecule has 0 spiro atoms. The summed E-state index contributed by atoms with van der Waals surface area (Å²) in [6.45, 7) is 4.87. The smallest absolute Gasteiger partial charge is 0.246 e. The Balaban J connectivity index is 1.82. The van der Waals surface area contributed by atoms with Crippen LogP contribution >= 0.6 is 11.6 Å². The monoisotopic (exact) mass is 444 g/mol. The third-order valence-corrected chi connectivity index (χ3v) is 6.00. The lowest BCUT2D eigenvalue weighted by atomic mass is 9.94. The first kappa shape index (κ1) is 21.2. The topological polar surface area (TPSA) is 53.0 Å². The molecule has 2 aliphatic heterocycles. The van der Waals surface area contributed by atoms with E-state index in [0.29, 0.717) is 19.6 Å². The number of phenols is 1. The van der Waals surface area contributed by atoms with Crippen LogP contribution in [0.3, 0.4) is 0 Å². The van der Waals surface area contributed by atoms with Crippen LogP contribution in [0.5, 0.6) is 11.5 Å². The average molecular weight is 445 g/mol. The van der Waals surface area contributed by atoms with Crippen LogP contribution in [0.1, 0.15) is 11.1 Å². The summed E-state index contributed by atoms with van der Waals surface area (Å²) in [6, 6.07) is 4.00. The van der Waals surface area contributed by atoms with Gasteiger partial charge in [-0.3, -0.25) is 9.69 Å². The molecule has 4 rings (SSSR count). The van der Waals surface area contributed by atoms with Gasteiger partial charge in [-0.1, -0.05) is 30.2 Å². The van der Waals surface area contributed by atoms with Crippen molar-refractivity contribution in [1.29, 1.82) is 0 Å². The first-order valence-electron chi connectivity index (χ1n) is 9.63. The van der Waals surface area contributed by atoms with Gasteiger partial charge in [0.1, 0.15) is 18.2 Å². The van der Waals surface area contributed by atoms with E-state index >= 15 is 8.78 Å². The number of halogens is 3. The van der Waals surface area contributed by atoms with Gasteiger partial charge in [0.15, 0.2) is 11.6 Å². The third kappa shape index (κ3) is 3.52. The SMILES string of the molecule is C#Cc1c(F)c2c(c(F)c1-c1c(O)cccc1Cl)OC[C@H]1CN(C(=O)C=C)CCN1C2. The van der Waals surface area contributed by atoms with Crippen LogP contribution in [-0.2, 0) is 11.3 Å². The lowest BCUT2D eigenvalue weighted by Crippen LogP contribution is -2.55. The number of rotatable bonds is 2. The number of amides is 1. The Morgan fingerprint density at radius 1 is 1.32 bits per heavy atom. The molecule has 0 bridgehead atoms. The number of benzene rings is 2. The highest BCUT2D eigenvalue weighted by Gasteiger charge is 2.36. The van der Waals surface area contributed by atoms with Gasteiger partial charge in [0.2, 0.25) is 5.91 Å². The second-order valence-electron chi connectivity index (χ2n) is 7.39. The predicted octanol–water partition coefficient (Wildman–Crippen LogP) is 3.56. The molecule has 2 aromatic rings. The van der Waals surface area contributed by atoms with Gasteiger partial charge in [0, 0.05) is 42.9 Å². The Morgan fingerprint density at radius 3 is 2.77 bits per heavy atom. The van der Waals surface area contributed by atoms with E-state index in [-0.39, 0.29) is 63.9 Å². The van der Waals surface area contributed by atoms with Crippen LogP contribution < -0.4 is 4.74 Å². The van der Waals surface area contributed by atoms with Crippen LogP contribution in [0.15, 0.2) is 30.9 Å². The number of ether oxygens (including phenoxy) is 1. The molecule has 1 saturated heterocycles. The molecule has 0 aromatic heterocycles. The fourth-order valence-electron chi connectivity index (χ4n) is 4.11. The molecule has 1 amide bonds. The van der Waals surface area contributed by atoms with Crippen molar-refractivity contribution < 1.29 is 23.4 Å². The molecule has 2 aliphatic rings. The minimum Gasteiger partial charge on any atom is -0.507 e. The van der Waals surface area contributed by atoms with Crippen LogP contribution in [-0.4, -0.2) is 53.1 Å². The maximum absolute atomic E-state index is 15.7. The number of carbonyl (C=O) groups excluding carboxylic acids is 1. The van der Waals surface area contributed by atoms with Gasteiger partial charge >= 0.3 is 0 Å². The number of carbonyl (C=O) groups is 1. The summed E-state index contributed by atoms with van der Waals surface area (Å²) in [4.78, 5) is 15.5. The molecule has 0 saturated carbocycles. The van der Waals surface area contributed by atoms with Crippen molar-refractivity contribution in [3.8, 4) is 35.0 Å². The molecule has 5 nitrogen and oxygen atoms in total. The van der Waals surface area contributed by atoms with Gasteiger partial charge in [0.05, 0.1) is 16.6 Å². The van der Waals surface area contributed by atoms with E-state index in [0.717, 1.165) is 0 Å². The normalized spacial score (nSPS) is 18.3. The largest absolute Gasteiger partial charge is 0.507 e. The standard InChI is InChI=1S/C23H19ClF2N2O3/c1-3-14-19(20-16(24)6-5-7-17(20)29)22(26)23-15(21(14)25)11-27-8-9-28(18(30)4-2)10-13(27)12-31-23/h1,4-7,13,29H,2,8-12H2/t13-/m1/s1. The second-order valence-corrected chi connectivity index (χ2v) is 7.79. The fourth-order valence-corrected chi connectivity index (χ4v) is 4.37. The van der Waals surface area contributed by atoms with Crippen LogP contribution in [0, 0.1) is 24.0 Å². The number of phenolic OH excluding ortho intramolecular Hbond substituents is 1. The zero-order chi connectivity index (χ0) is 22.3. The number of fused-ring (bicyclic) bond motifs is 2. The Hall–Kier alpha value is -3.08. The van der Waals surface area contributed by atoms with Crippen molar-refractivity contribution in [2.75, 3.05) is 26.2 Å². The molecule has 0 unspecified atom stereocenters. The molecule has 2 heterocycles. The lowest BCUT2D eigenvalue weighted by Gasteiger charge is -2.39. The molecule has 0 aliphatic carbocycles. The number of nitrogens with zero attached hydrogens (tertiary/aromatic N) is 2. The number of terminal acetylenes is 1. The summed E-state index contributed by atoms with van der Waals surface area (Å²) in [5.41, 5.74) is -0.733. The highest BCUT2D eigenvalue weighted by molar-refractivity contribution is 6.33. The van der Waals surface area contributed by atoms with E-state index in [9.17, 15) is 9.90 Å². The summed E-state index contributed by atoms with van der Waals surface area (Å²) in [6.07, 6.45) is 6.78. The minimum atomic E-state index is -0.883. The molecule has 1 fully saturated rings. The van der Waals surface area contributed by atoms with E-state index in [1.807, 2.05) is 4.90 Å². The number of hydrogen-bond donors (Lipinski definition) is 1. The van der Waals surface area contributed by atoms with Gasteiger partial charge in [-0.2, -0.15) is 0 Å². The van der Waals surface area contributed by atoms with E-state index in [1.54, 1.807) is 4.90 Å². The maximum Gasteiger partial charge on any atom is 0.246 e. The molecular weight excluding hydrogens is 426 g/mol. The van der Waals surface area contributed by atoms with Gasteiger partial charge in [-0.15, -0.1) is 6.42 Å². The lowest BCUT2D eigenvalue weighted by molar-refractivity contribution is -0.129. The van der Waals surface area contributed by atoms with E-state index in [1.165, 1.54) is 24.3 Å². The summed E-state index contributed by atoms with van der Waals surface area (Å²) in [7, 11) is 0. The van der Waals surface area contributed by atoms with E-state index in [4.69, 9.17) is 22.8 Å². The molecule has 160 valence electrons. The van der Waals surface area contributed by atoms with Crippen molar-refractivity contribution in [3.05, 3.63) is 58.6 Å². The third-order valence-electron chi connectivity index (χ3n) is 5.69. The first-order valence-corrected chi connectivity index (χ1v) is 10.0. The van der Waals surface area contributed by atoms with Crippen molar-refractivity contribution in [3.63, 3.8) is 0 Å². The maximum atomic E-state index is 15.7. The number of aromatic hydroxyl groups is 1. The minimum absolute atomic E-state index is 0.00624. The highest BCUT2D eigenvalue weighted by atomic mass is 35.5. The zero-order valence-electron chi connectivity index (χ0n) is 16.5. The quantitative estimate of drug-likeness (QED) is 0.568. The second kappa shape index (κ2) is 8.22. The molecule has 0 radical (unpaired) electrons. The van der Waals surface area contributed by atoms with Gasteiger partial charge in [-0.05, 0) is 18.2 Å². The Bertz CT molecular complexity index is 1110. The average Bonchev–Trinajstić information content (AvgIpc) is 2.96. The molecule has 8 heteroatoms. The summed E-state index contributed by atoms with van der Waals surface area (Å²) >= 11 is 6.18. The fraction of sp³-hybridized carbons (Fsp3) is 0.261. The summed E-state index contributed by atoms with van der Waals surface area (Å²) < 4.78 is 36.9. The van der Waals surface area contributed by atoms with Gasteiger partial charge in [0.25, 0.3) is 0 Å². The van der Waals surface area contributed by atoms with Crippen molar-refractivity contribution >= 4 is 17.5 Å². The Morgan fingerprint density at radius 2 is 2.10 bits per heavy atom. The van der Waals surface area contributed by atoms with E-state index in [2.05, 4.69) is 12.5 Å². The summed E-state index contributed by atoms with van der Waals surface area (Å²) in [5, 5.41) is 10.3. The first-order chi connectivity index (χ1) is 14.9. The van der Waals surface area contributed by atoms with Crippen LogP contribution in [0.4, 0.5) is 8.78 Å². The predicted molar refractivity (Wildman–Crippen MR) is 113 cm³/mol. The molecule has 1 N–H and O–H groups in total. The van der Waals surface area contributed by atoms with Gasteiger partial charge in [-0.25, -0.2) is 8.78 Å². The zero-order valence-corrected chi connectivity index (χ0v) is 17.3. The van der Waals surface area contributed by atoms with Gasteiger partial charge < -0.3 is 14.7 Å². The Kier molecular flexibility index (Phi) is 5.61. The van der Waals surface area contributed by atoms with E-state index < -0.39 is 11.6 Å². The number of hydrogen-bond acceptors (Lipinski definition) is 4. The molecule has 1 atom stereocenters.